The van der Waals surface area contributed by atoms with Gasteiger partial charge in [-0.15, -0.1) is 0 Å². The second-order valence-electron chi connectivity index (χ2n) is 6.64. The number of carbonyl (C=O) groups excluding carboxylic acids is 1. The van der Waals surface area contributed by atoms with E-state index in [1.807, 2.05) is 0 Å². The molecule has 0 aromatic heterocycles. The van der Waals surface area contributed by atoms with Crippen LogP contribution in [0, 0.1) is 0 Å². The van der Waals surface area contributed by atoms with Crippen LogP contribution in [0.2, 0.25) is 0 Å². The van der Waals surface area contributed by atoms with Crippen molar-refractivity contribution in [1.29, 1.82) is 0 Å². The molecule has 0 bridgehead atoms. The van der Waals surface area contributed by atoms with Crippen molar-refractivity contribution in [3.8, 4) is 0 Å². The Morgan fingerprint density at radius 2 is 1.95 bits per heavy atom. The third kappa shape index (κ3) is 6.91. The summed E-state index contributed by atoms with van der Waals surface area (Å²) in [5, 5.41) is 21.6. The van der Waals surface area contributed by atoms with Gasteiger partial charge in [0.1, 0.15) is 5.60 Å². The maximum atomic E-state index is 11.8. The highest BCUT2D eigenvalue weighted by atomic mass is 16.7. The van der Waals surface area contributed by atoms with Crippen LogP contribution in [-0.4, -0.2) is 60.2 Å². The first-order valence-electron chi connectivity index (χ1n) is 7.76. The molecular weight excluding hydrogens is 290 g/mol. The summed E-state index contributed by atoms with van der Waals surface area (Å²) in [6.07, 6.45) is 2.28. The summed E-state index contributed by atoms with van der Waals surface area (Å²) in [7, 11) is 0. The molecule has 0 aliphatic carbocycles. The smallest absolute Gasteiger partial charge is 0.408 e. The summed E-state index contributed by atoms with van der Waals surface area (Å²) in [4.78, 5) is 11.8. The van der Waals surface area contributed by atoms with Gasteiger partial charge in [0.25, 0.3) is 0 Å². The van der Waals surface area contributed by atoms with Crippen LogP contribution in [0.25, 0.3) is 0 Å². The normalized spacial score (nSPS) is 19.8. The van der Waals surface area contributed by atoms with Crippen LogP contribution in [0.3, 0.4) is 0 Å². The Balaban J connectivity index is 2.45. The van der Waals surface area contributed by atoms with Crippen molar-refractivity contribution in [1.82, 2.24) is 5.32 Å². The average Bonchev–Trinajstić information content (AvgIpc) is 2.45. The number of ether oxygens (including phenoxy) is 3. The molecule has 1 heterocycles. The van der Waals surface area contributed by atoms with Gasteiger partial charge >= 0.3 is 6.09 Å². The molecule has 7 heteroatoms. The largest absolute Gasteiger partial charge is 0.444 e. The second-order valence-corrected chi connectivity index (χ2v) is 6.64. The van der Waals surface area contributed by atoms with E-state index in [1.54, 1.807) is 20.8 Å². The van der Waals surface area contributed by atoms with Crippen molar-refractivity contribution >= 4 is 6.09 Å². The number of hydrogen-bond donors (Lipinski definition) is 3. The van der Waals surface area contributed by atoms with E-state index in [2.05, 4.69) is 5.32 Å². The highest BCUT2D eigenvalue weighted by Gasteiger charge is 2.33. The maximum Gasteiger partial charge on any atom is 0.408 e. The molecule has 3 N–H and O–H groups in total. The highest BCUT2D eigenvalue weighted by Crippen LogP contribution is 2.17. The Bertz CT molecular complexity index is 331. The zero-order valence-electron chi connectivity index (χ0n) is 13.8. The van der Waals surface area contributed by atoms with Gasteiger partial charge in [-0.05, 0) is 46.5 Å². The second kappa shape index (κ2) is 8.67. The van der Waals surface area contributed by atoms with Gasteiger partial charge in [-0.3, -0.25) is 0 Å². The summed E-state index contributed by atoms with van der Waals surface area (Å²) in [5.41, 5.74) is -1.82. The van der Waals surface area contributed by atoms with Crippen LogP contribution in [0.4, 0.5) is 4.79 Å². The predicted molar refractivity (Wildman–Crippen MR) is 80.4 cm³/mol. The Morgan fingerprint density at radius 1 is 1.27 bits per heavy atom. The number of aliphatic hydroxyl groups is 2. The summed E-state index contributed by atoms with van der Waals surface area (Å²) < 4.78 is 16.2. The first-order chi connectivity index (χ1) is 10.3. The standard InChI is InChI=1S/C15H29NO6/c1-14(2,3)22-13(19)16-15(10-17,11-18)7-9-21-12-6-4-5-8-20-12/h12,17-18H,4-11H2,1-3H3,(H,16,19). The molecule has 1 fully saturated rings. The molecule has 0 aromatic rings. The molecule has 0 spiro atoms. The molecule has 130 valence electrons. The zero-order valence-corrected chi connectivity index (χ0v) is 13.8. The molecule has 0 aromatic carbocycles. The fraction of sp³-hybridized carbons (Fsp3) is 0.933. The number of hydrogen-bond acceptors (Lipinski definition) is 6. The van der Waals surface area contributed by atoms with Gasteiger partial charge in [0.15, 0.2) is 6.29 Å². The van der Waals surface area contributed by atoms with Gasteiger partial charge in [0.05, 0.1) is 25.4 Å². The van der Waals surface area contributed by atoms with E-state index in [0.29, 0.717) is 6.61 Å². The lowest BCUT2D eigenvalue weighted by Crippen LogP contribution is -2.56. The molecule has 1 amide bonds. The summed E-state index contributed by atoms with van der Waals surface area (Å²) in [6.45, 7) is 5.38. The van der Waals surface area contributed by atoms with Crippen LogP contribution in [0.15, 0.2) is 0 Å². The predicted octanol–water partition coefficient (Wildman–Crippen LogP) is 1.17. The molecule has 0 radical (unpaired) electrons. The van der Waals surface area contributed by atoms with Crippen molar-refractivity contribution in [3.63, 3.8) is 0 Å². The molecule has 1 aliphatic rings. The molecule has 22 heavy (non-hydrogen) atoms. The van der Waals surface area contributed by atoms with Gasteiger partial charge in [-0.1, -0.05) is 0 Å². The summed E-state index contributed by atoms with van der Waals surface area (Å²) >= 11 is 0. The van der Waals surface area contributed by atoms with Gasteiger partial charge < -0.3 is 29.7 Å². The van der Waals surface area contributed by atoms with Crippen LogP contribution in [0.5, 0.6) is 0 Å². The fourth-order valence-corrected chi connectivity index (χ4v) is 2.10. The molecule has 7 nitrogen and oxygen atoms in total. The van der Waals surface area contributed by atoms with E-state index in [1.165, 1.54) is 0 Å². The lowest BCUT2D eigenvalue weighted by molar-refractivity contribution is -0.166. The monoisotopic (exact) mass is 319 g/mol. The molecule has 1 unspecified atom stereocenters. The first-order valence-corrected chi connectivity index (χ1v) is 7.76. The molecular formula is C15H29NO6. The van der Waals surface area contributed by atoms with E-state index in [9.17, 15) is 15.0 Å². The fourth-order valence-electron chi connectivity index (χ4n) is 2.10. The highest BCUT2D eigenvalue weighted by molar-refractivity contribution is 5.68. The van der Waals surface area contributed by atoms with Gasteiger partial charge in [0, 0.05) is 6.61 Å². The minimum Gasteiger partial charge on any atom is -0.444 e. The Morgan fingerprint density at radius 3 is 2.45 bits per heavy atom. The van der Waals surface area contributed by atoms with Crippen molar-refractivity contribution in [2.45, 2.75) is 63.9 Å². The molecule has 0 saturated carbocycles. The van der Waals surface area contributed by atoms with Crippen molar-refractivity contribution < 1.29 is 29.2 Å². The summed E-state index contributed by atoms with van der Waals surface area (Å²) in [6, 6.07) is 0. The molecule has 1 saturated heterocycles. The topological polar surface area (TPSA) is 97.3 Å². The van der Waals surface area contributed by atoms with Gasteiger partial charge in [-0.2, -0.15) is 0 Å². The number of nitrogens with one attached hydrogen (secondary N) is 1. The van der Waals surface area contributed by atoms with Crippen molar-refractivity contribution in [2.24, 2.45) is 0 Å². The minimum atomic E-state index is -1.17. The molecule has 1 atom stereocenters. The lowest BCUT2D eigenvalue weighted by Gasteiger charge is -2.33. The number of carbonyl (C=O) groups is 1. The Hall–Kier alpha value is -0.890. The van der Waals surface area contributed by atoms with Gasteiger partial charge in [-0.25, -0.2) is 4.79 Å². The van der Waals surface area contributed by atoms with Crippen LogP contribution in [-0.2, 0) is 14.2 Å². The van der Waals surface area contributed by atoms with Gasteiger partial charge in [0.2, 0.25) is 0 Å². The zero-order chi connectivity index (χ0) is 16.6. The Kier molecular flexibility index (Phi) is 7.55. The third-order valence-corrected chi connectivity index (χ3v) is 3.39. The third-order valence-electron chi connectivity index (χ3n) is 3.39. The van der Waals surface area contributed by atoms with E-state index in [4.69, 9.17) is 14.2 Å². The SMILES string of the molecule is CC(C)(C)OC(=O)NC(CO)(CO)CCOC1CCCCO1. The minimum absolute atomic E-state index is 0.245. The van der Waals surface area contributed by atoms with Crippen molar-refractivity contribution in [2.75, 3.05) is 26.4 Å². The number of alkyl carbamates (subject to hydrolysis) is 1. The van der Waals surface area contributed by atoms with Crippen LogP contribution < -0.4 is 5.32 Å². The Labute approximate surface area is 131 Å². The first kappa shape index (κ1) is 19.2. The number of rotatable bonds is 7. The van der Waals surface area contributed by atoms with Crippen LogP contribution >= 0.6 is 0 Å². The summed E-state index contributed by atoms with van der Waals surface area (Å²) in [5.74, 6) is 0. The van der Waals surface area contributed by atoms with E-state index in [0.717, 1.165) is 19.3 Å². The maximum absolute atomic E-state index is 11.8. The van der Waals surface area contributed by atoms with Crippen LogP contribution in [0.1, 0.15) is 46.5 Å². The van der Waals surface area contributed by atoms with Crippen molar-refractivity contribution in [3.05, 3.63) is 0 Å². The molecule has 1 rings (SSSR count). The van der Waals surface area contributed by atoms with E-state index < -0.39 is 30.4 Å². The molecule has 1 aliphatic heterocycles. The van der Waals surface area contributed by atoms with E-state index >= 15 is 0 Å². The van der Waals surface area contributed by atoms with E-state index in [-0.39, 0.29) is 19.3 Å². The lowest BCUT2D eigenvalue weighted by atomic mass is 9.98. The average molecular weight is 319 g/mol. The number of amides is 1. The quantitative estimate of drug-likeness (QED) is 0.652. The number of aliphatic hydroxyl groups excluding tert-OH is 2.